The molecule has 0 aliphatic heterocycles. The van der Waals surface area contributed by atoms with E-state index in [0.717, 1.165) is 6.26 Å². The molecule has 1 unspecified atom stereocenters. The van der Waals surface area contributed by atoms with Crippen LogP contribution in [0.4, 0.5) is 0 Å². The Morgan fingerprint density at radius 3 is 2.07 bits per heavy atom. The van der Waals surface area contributed by atoms with E-state index in [0.29, 0.717) is 0 Å². The smallest absolute Gasteiger partial charge is 0.238 e. The van der Waals surface area contributed by atoms with Crippen LogP contribution in [0, 0.1) is 0 Å². The average molecular weight is 239 g/mol. The number of rotatable bonds is 5. The third kappa shape index (κ3) is 4.15. The van der Waals surface area contributed by atoms with Gasteiger partial charge in [-0.2, -0.15) is 0 Å². The highest BCUT2D eigenvalue weighted by Crippen LogP contribution is 2.04. The van der Waals surface area contributed by atoms with E-state index in [9.17, 15) is 13.2 Å². The average Bonchev–Trinajstić information content (AvgIpc) is 2.15. The highest BCUT2D eigenvalue weighted by molar-refractivity contribution is 7.92. The standard InChI is InChI=1S/C8H17NO5S/c1-6(15(3,13)14)7(12)9-8(2,4-10)5-11/h6,10-11H,4-5H2,1-3H3,(H,9,12). The molecule has 15 heavy (non-hydrogen) atoms. The van der Waals surface area contributed by atoms with Crippen LogP contribution in [0.25, 0.3) is 0 Å². The van der Waals surface area contributed by atoms with Gasteiger partial charge in [-0.25, -0.2) is 8.42 Å². The topological polar surface area (TPSA) is 104 Å². The maximum Gasteiger partial charge on any atom is 0.238 e. The molecule has 6 nitrogen and oxygen atoms in total. The van der Waals surface area contributed by atoms with Gasteiger partial charge in [-0.1, -0.05) is 0 Å². The van der Waals surface area contributed by atoms with Crippen LogP contribution < -0.4 is 5.32 Å². The predicted molar refractivity (Wildman–Crippen MR) is 55.0 cm³/mol. The van der Waals surface area contributed by atoms with Crippen LogP contribution in [0.5, 0.6) is 0 Å². The molecule has 0 spiro atoms. The summed E-state index contributed by atoms with van der Waals surface area (Å²) in [5.41, 5.74) is -1.20. The lowest BCUT2D eigenvalue weighted by Gasteiger charge is -2.27. The number of amides is 1. The van der Waals surface area contributed by atoms with Crippen LogP contribution in [0.1, 0.15) is 13.8 Å². The van der Waals surface area contributed by atoms with Gasteiger partial charge >= 0.3 is 0 Å². The second kappa shape index (κ2) is 4.91. The number of nitrogens with one attached hydrogen (secondary N) is 1. The first-order chi connectivity index (χ1) is 6.66. The van der Waals surface area contributed by atoms with Crippen molar-refractivity contribution in [3.8, 4) is 0 Å². The molecule has 0 fully saturated rings. The third-order valence-electron chi connectivity index (χ3n) is 2.13. The predicted octanol–water partition coefficient (Wildman–Crippen LogP) is -1.72. The number of hydrogen-bond acceptors (Lipinski definition) is 5. The molecular weight excluding hydrogens is 222 g/mol. The first-order valence-electron chi connectivity index (χ1n) is 4.39. The first-order valence-corrected chi connectivity index (χ1v) is 6.34. The van der Waals surface area contributed by atoms with Gasteiger partial charge in [-0.3, -0.25) is 4.79 Å². The van der Waals surface area contributed by atoms with E-state index in [2.05, 4.69) is 5.32 Å². The zero-order valence-electron chi connectivity index (χ0n) is 9.02. The van der Waals surface area contributed by atoms with E-state index in [1.807, 2.05) is 0 Å². The molecule has 0 heterocycles. The van der Waals surface area contributed by atoms with Gasteiger partial charge in [0.05, 0.1) is 18.8 Å². The van der Waals surface area contributed by atoms with Crippen LogP contribution >= 0.6 is 0 Å². The van der Waals surface area contributed by atoms with Crippen molar-refractivity contribution in [1.29, 1.82) is 0 Å². The van der Waals surface area contributed by atoms with Crippen molar-refractivity contribution < 1.29 is 23.4 Å². The summed E-state index contributed by atoms with van der Waals surface area (Å²) in [5.74, 6) is -0.733. The first kappa shape index (κ1) is 14.3. The quantitative estimate of drug-likeness (QED) is 0.529. The molecule has 0 aromatic rings. The molecule has 1 amide bonds. The number of sulfone groups is 1. The van der Waals surface area contributed by atoms with Gasteiger partial charge < -0.3 is 15.5 Å². The summed E-state index contributed by atoms with van der Waals surface area (Å²) >= 11 is 0. The normalized spacial score (nSPS) is 14.7. The molecule has 0 radical (unpaired) electrons. The Labute approximate surface area is 89.2 Å². The summed E-state index contributed by atoms with van der Waals surface area (Å²) in [6, 6.07) is 0. The summed E-state index contributed by atoms with van der Waals surface area (Å²) in [6.45, 7) is 1.73. The van der Waals surface area contributed by atoms with E-state index < -0.39 is 39.7 Å². The van der Waals surface area contributed by atoms with E-state index in [1.165, 1.54) is 13.8 Å². The fourth-order valence-electron chi connectivity index (χ4n) is 0.723. The lowest BCUT2D eigenvalue weighted by atomic mass is 10.1. The van der Waals surface area contributed by atoms with Gasteiger partial charge in [-0.15, -0.1) is 0 Å². The Hall–Kier alpha value is -0.660. The lowest BCUT2D eigenvalue weighted by molar-refractivity contribution is -0.123. The second-order valence-corrected chi connectivity index (χ2v) is 6.20. The van der Waals surface area contributed by atoms with E-state index >= 15 is 0 Å². The highest BCUT2D eigenvalue weighted by Gasteiger charge is 2.30. The molecule has 0 rings (SSSR count). The molecule has 0 saturated carbocycles. The molecule has 0 aromatic carbocycles. The van der Waals surface area contributed by atoms with Crippen LogP contribution in [-0.4, -0.2) is 54.8 Å². The molecule has 0 aromatic heterocycles. The van der Waals surface area contributed by atoms with Crippen molar-refractivity contribution in [2.45, 2.75) is 24.6 Å². The Balaban J connectivity index is 4.64. The van der Waals surface area contributed by atoms with Gasteiger partial charge in [0.15, 0.2) is 9.84 Å². The molecule has 0 aliphatic carbocycles. The van der Waals surface area contributed by atoms with Gasteiger partial charge in [-0.05, 0) is 13.8 Å². The number of aliphatic hydroxyl groups is 2. The van der Waals surface area contributed by atoms with E-state index in [-0.39, 0.29) is 0 Å². The number of carbonyl (C=O) groups is 1. The Kier molecular flexibility index (Phi) is 4.69. The third-order valence-corrected chi connectivity index (χ3v) is 3.63. The summed E-state index contributed by atoms with van der Waals surface area (Å²) in [7, 11) is -3.47. The highest BCUT2D eigenvalue weighted by atomic mass is 32.2. The van der Waals surface area contributed by atoms with Crippen molar-refractivity contribution in [3.05, 3.63) is 0 Å². The molecule has 3 N–H and O–H groups in total. The minimum Gasteiger partial charge on any atom is -0.394 e. The van der Waals surface area contributed by atoms with Crippen molar-refractivity contribution in [3.63, 3.8) is 0 Å². The molecule has 0 bridgehead atoms. The van der Waals surface area contributed by atoms with Crippen molar-refractivity contribution in [2.24, 2.45) is 0 Å². The van der Waals surface area contributed by atoms with Crippen molar-refractivity contribution >= 4 is 15.7 Å². The fourth-order valence-corrected chi connectivity index (χ4v) is 1.17. The minimum absolute atomic E-state index is 0.467. The fraction of sp³-hybridized carbons (Fsp3) is 0.875. The summed E-state index contributed by atoms with van der Waals surface area (Å²) in [6.07, 6.45) is 0.951. The zero-order valence-corrected chi connectivity index (χ0v) is 9.84. The van der Waals surface area contributed by atoms with Crippen LogP contribution in [0.2, 0.25) is 0 Å². The van der Waals surface area contributed by atoms with Gasteiger partial charge in [0.25, 0.3) is 0 Å². The molecule has 7 heteroatoms. The second-order valence-electron chi connectivity index (χ2n) is 3.84. The largest absolute Gasteiger partial charge is 0.394 e. The Bertz CT molecular complexity index is 320. The van der Waals surface area contributed by atoms with Crippen LogP contribution in [0.15, 0.2) is 0 Å². The molecule has 0 aliphatic rings. The maximum atomic E-state index is 11.4. The van der Waals surface area contributed by atoms with Crippen molar-refractivity contribution in [1.82, 2.24) is 5.32 Å². The number of carbonyl (C=O) groups excluding carboxylic acids is 1. The van der Waals surface area contributed by atoms with Crippen LogP contribution in [0.3, 0.4) is 0 Å². The molecule has 1 atom stereocenters. The molecular formula is C8H17NO5S. The van der Waals surface area contributed by atoms with Crippen molar-refractivity contribution in [2.75, 3.05) is 19.5 Å². The number of aliphatic hydroxyl groups excluding tert-OH is 2. The SMILES string of the molecule is CC(C(=O)NC(C)(CO)CO)S(C)(=O)=O. The molecule has 0 saturated heterocycles. The Morgan fingerprint density at radius 2 is 1.80 bits per heavy atom. The van der Waals surface area contributed by atoms with Gasteiger partial charge in [0.1, 0.15) is 5.25 Å². The Morgan fingerprint density at radius 1 is 1.40 bits per heavy atom. The lowest BCUT2D eigenvalue weighted by Crippen LogP contribution is -2.55. The zero-order chi connectivity index (χ0) is 12.3. The monoisotopic (exact) mass is 239 g/mol. The summed E-state index contributed by atoms with van der Waals surface area (Å²) < 4.78 is 22.1. The maximum absolute atomic E-state index is 11.4. The summed E-state index contributed by atoms with van der Waals surface area (Å²) in [4.78, 5) is 11.4. The molecule has 90 valence electrons. The van der Waals surface area contributed by atoms with E-state index in [1.54, 1.807) is 0 Å². The van der Waals surface area contributed by atoms with Crippen LogP contribution in [-0.2, 0) is 14.6 Å². The van der Waals surface area contributed by atoms with E-state index in [4.69, 9.17) is 10.2 Å². The summed E-state index contributed by atoms with van der Waals surface area (Å²) in [5, 5.41) is 18.9. The van der Waals surface area contributed by atoms with Gasteiger partial charge in [0.2, 0.25) is 5.91 Å². The van der Waals surface area contributed by atoms with Gasteiger partial charge in [0, 0.05) is 6.26 Å². The number of hydrogen-bond donors (Lipinski definition) is 3. The minimum atomic E-state index is -3.47.